The van der Waals surface area contributed by atoms with Crippen LogP contribution in [0.1, 0.15) is 24.4 Å². The Labute approximate surface area is 128 Å². The van der Waals surface area contributed by atoms with Crippen LogP contribution in [-0.4, -0.2) is 37.7 Å². The molecule has 1 aromatic carbocycles. The molecule has 1 aromatic heterocycles. The van der Waals surface area contributed by atoms with Crippen molar-refractivity contribution in [2.45, 2.75) is 23.8 Å². The molecule has 2 atom stereocenters. The van der Waals surface area contributed by atoms with Gasteiger partial charge < -0.3 is 0 Å². The summed E-state index contributed by atoms with van der Waals surface area (Å²) in [5.41, 5.74) is 1.28. The third-order valence-electron chi connectivity index (χ3n) is 4.04. The fourth-order valence-corrected chi connectivity index (χ4v) is 4.07. The first-order valence-electron chi connectivity index (χ1n) is 7.40. The van der Waals surface area contributed by atoms with E-state index in [-0.39, 0.29) is 0 Å². The van der Waals surface area contributed by atoms with Gasteiger partial charge in [0.1, 0.15) is 0 Å². The van der Waals surface area contributed by atoms with E-state index in [9.17, 15) is 4.21 Å². The lowest BCUT2D eigenvalue weighted by Crippen LogP contribution is -2.27. The highest BCUT2D eigenvalue weighted by molar-refractivity contribution is 7.85. The fraction of sp³-hybridized carbons (Fsp3) is 0.438. The standard InChI is InChI=1S/C16H21N3OS/c1-18-13-14(12-17-18)16-8-5-9-19(16)10-11-21(20)15-6-3-2-4-7-15/h2-4,6-7,12-13,16H,5,8-11H2,1H3/t16-,21-/m1/s1. The van der Waals surface area contributed by atoms with Gasteiger partial charge in [-0.05, 0) is 31.5 Å². The number of aryl methyl sites for hydroxylation is 1. The number of hydrogen-bond donors (Lipinski definition) is 0. The number of hydrogen-bond acceptors (Lipinski definition) is 3. The van der Waals surface area contributed by atoms with Gasteiger partial charge in [0.05, 0.1) is 17.0 Å². The maximum atomic E-state index is 12.3. The van der Waals surface area contributed by atoms with Crippen LogP contribution >= 0.6 is 0 Å². The Balaban J connectivity index is 1.61. The molecule has 3 rings (SSSR count). The van der Waals surface area contributed by atoms with E-state index in [1.807, 2.05) is 48.3 Å². The Bertz CT molecular complexity index is 611. The molecule has 0 bridgehead atoms. The van der Waals surface area contributed by atoms with Gasteiger partial charge in [-0.25, -0.2) is 0 Å². The lowest BCUT2D eigenvalue weighted by Gasteiger charge is -2.23. The summed E-state index contributed by atoms with van der Waals surface area (Å²) in [7, 11) is 1.04. The van der Waals surface area contributed by atoms with Crippen molar-refractivity contribution in [2.24, 2.45) is 7.05 Å². The summed E-state index contributed by atoms with van der Waals surface area (Å²) in [6.45, 7) is 1.96. The van der Waals surface area contributed by atoms with E-state index in [1.165, 1.54) is 18.4 Å². The molecule has 0 saturated carbocycles. The molecule has 0 aliphatic carbocycles. The summed E-state index contributed by atoms with van der Waals surface area (Å²) in [5, 5.41) is 4.27. The van der Waals surface area contributed by atoms with Crippen molar-refractivity contribution in [2.75, 3.05) is 18.8 Å². The number of rotatable bonds is 5. The maximum Gasteiger partial charge on any atom is 0.0542 e. The van der Waals surface area contributed by atoms with Crippen LogP contribution in [0.2, 0.25) is 0 Å². The summed E-state index contributed by atoms with van der Waals surface area (Å²) in [6, 6.07) is 10.2. The van der Waals surface area contributed by atoms with Crippen LogP contribution in [0.15, 0.2) is 47.6 Å². The first-order chi connectivity index (χ1) is 10.2. The molecule has 0 spiro atoms. The zero-order valence-corrected chi connectivity index (χ0v) is 13.1. The predicted octanol–water partition coefficient (Wildman–Crippen LogP) is 2.36. The zero-order valence-electron chi connectivity index (χ0n) is 12.3. The second-order valence-corrected chi connectivity index (χ2v) is 7.07. The molecule has 1 aliphatic heterocycles. The van der Waals surface area contributed by atoms with E-state index < -0.39 is 10.8 Å². The maximum absolute atomic E-state index is 12.3. The van der Waals surface area contributed by atoms with Gasteiger partial charge in [-0.2, -0.15) is 5.10 Å². The molecule has 5 heteroatoms. The Morgan fingerprint density at radius 2 is 2.14 bits per heavy atom. The molecule has 21 heavy (non-hydrogen) atoms. The molecule has 2 aromatic rings. The Kier molecular flexibility index (Phi) is 4.51. The highest BCUT2D eigenvalue weighted by Crippen LogP contribution is 2.31. The van der Waals surface area contributed by atoms with Crippen LogP contribution in [0.5, 0.6) is 0 Å². The van der Waals surface area contributed by atoms with E-state index in [0.29, 0.717) is 11.8 Å². The third kappa shape index (κ3) is 3.41. The quantitative estimate of drug-likeness (QED) is 0.851. The molecular weight excluding hydrogens is 282 g/mol. The average molecular weight is 303 g/mol. The number of benzene rings is 1. The highest BCUT2D eigenvalue weighted by atomic mass is 32.2. The molecule has 0 amide bonds. The predicted molar refractivity (Wildman–Crippen MR) is 84.5 cm³/mol. The Hall–Kier alpha value is -1.46. The van der Waals surface area contributed by atoms with Crippen molar-refractivity contribution in [3.8, 4) is 0 Å². The SMILES string of the molecule is Cn1cc([C@H]2CCCN2CC[S@@](=O)c2ccccc2)cn1. The van der Waals surface area contributed by atoms with Crippen molar-refractivity contribution >= 4 is 10.8 Å². The van der Waals surface area contributed by atoms with Gasteiger partial charge in [-0.3, -0.25) is 13.8 Å². The molecule has 0 unspecified atom stereocenters. The van der Waals surface area contributed by atoms with Gasteiger partial charge >= 0.3 is 0 Å². The third-order valence-corrected chi connectivity index (χ3v) is 5.39. The van der Waals surface area contributed by atoms with Gasteiger partial charge in [-0.15, -0.1) is 0 Å². The molecule has 1 aliphatic rings. The summed E-state index contributed by atoms with van der Waals surface area (Å²) in [6.07, 6.45) is 6.43. The minimum atomic E-state index is -0.908. The number of likely N-dealkylation sites (tertiary alicyclic amines) is 1. The van der Waals surface area contributed by atoms with Crippen LogP contribution in [0, 0.1) is 0 Å². The smallest absolute Gasteiger partial charge is 0.0542 e. The van der Waals surface area contributed by atoms with E-state index in [4.69, 9.17) is 0 Å². The summed E-state index contributed by atoms with van der Waals surface area (Å²) < 4.78 is 14.2. The molecular formula is C16H21N3OS. The topological polar surface area (TPSA) is 38.1 Å². The van der Waals surface area contributed by atoms with Crippen LogP contribution < -0.4 is 0 Å². The van der Waals surface area contributed by atoms with Gasteiger partial charge in [-0.1, -0.05) is 18.2 Å². The van der Waals surface area contributed by atoms with E-state index >= 15 is 0 Å². The zero-order chi connectivity index (χ0) is 14.7. The Morgan fingerprint density at radius 3 is 2.86 bits per heavy atom. The second kappa shape index (κ2) is 6.54. The van der Waals surface area contributed by atoms with E-state index in [0.717, 1.165) is 18.0 Å². The summed E-state index contributed by atoms with van der Waals surface area (Å²) in [4.78, 5) is 3.37. The van der Waals surface area contributed by atoms with Crippen molar-refractivity contribution in [1.82, 2.24) is 14.7 Å². The first-order valence-corrected chi connectivity index (χ1v) is 8.72. The number of nitrogens with zero attached hydrogens (tertiary/aromatic N) is 3. The van der Waals surface area contributed by atoms with Crippen molar-refractivity contribution in [3.63, 3.8) is 0 Å². The fourth-order valence-electron chi connectivity index (χ4n) is 2.97. The van der Waals surface area contributed by atoms with Crippen LogP contribution in [0.3, 0.4) is 0 Å². The lowest BCUT2D eigenvalue weighted by molar-refractivity contribution is 0.273. The number of aromatic nitrogens is 2. The molecule has 1 saturated heterocycles. The van der Waals surface area contributed by atoms with Gasteiger partial charge in [0.25, 0.3) is 0 Å². The summed E-state index contributed by atoms with van der Waals surface area (Å²) in [5.74, 6) is 0.695. The molecule has 2 heterocycles. The largest absolute Gasteiger partial charge is 0.295 e. The van der Waals surface area contributed by atoms with Gasteiger partial charge in [0.2, 0.25) is 0 Å². The lowest BCUT2D eigenvalue weighted by atomic mass is 10.1. The second-order valence-electron chi connectivity index (χ2n) is 5.50. The van der Waals surface area contributed by atoms with Crippen molar-refractivity contribution in [1.29, 1.82) is 0 Å². The van der Waals surface area contributed by atoms with Crippen molar-refractivity contribution in [3.05, 3.63) is 48.3 Å². The van der Waals surface area contributed by atoms with E-state index in [2.05, 4.69) is 16.2 Å². The van der Waals surface area contributed by atoms with Crippen LogP contribution in [0.4, 0.5) is 0 Å². The molecule has 1 fully saturated rings. The van der Waals surface area contributed by atoms with Gasteiger partial charge in [0.15, 0.2) is 0 Å². The Morgan fingerprint density at radius 1 is 1.33 bits per heavy atom. The van der Waals surface area contributed by atoms with Crippen LogP contribution in [0.25, 0.3) is 0 Å². The first kappa shape index (κ1) is 14.5. The van der Waals surface area contributed by atoms with Gasteiger partial charge in [0, 0.05) is 42.0 Å². The average Bonchev–Trinajstić information content (AvgIpc) is 3.14. The molecule has 4 nitrogen and oxygen atoms in total. The highest BCUT2D eigenvalue weighted by Gasteiger charge is 2.26. The molecule has 112 valence electrons. The van der Waals surface area contributed by atoms with E-state index in [1.54, 1.807) is 0 Å². The minimum absolute atomic E-state index is 0.437. The molecule has 0 radical (unpaired) electrons. The molecule has 0 N–H and O–H groups in total. The summed E-state index contributed by atoms with van der Waals surface area (Å²) >= 11 is 0. The normalized spacial score (nSPS) is 20.7. The van der Waals surface area contributed by atoms with Crippen molar-refractivity contribution < 1.29 is 4.21 Å². The monoisotopic (exact) mass is 303 g/mol. The van der Waals surface area contributed by atoms with Crippen LogP contribution in [-0.2, 0) is 17.8 Å². The minimum Gasteiger partial charge on any atom is -0.295 e.